The van der Waals surface area contributed by atoms with E-state index in [0.717, 1.165) is 28.1 Å². The molecule has 32 heavy (non-hydrogen) atoms. The first-order chi connectivity index (χ1) is 15.7. The van der Waals surface area contributed by atoms with E-state index in [1.807, 2.05) is 78.9 Å². The fourth-order valence-corrected chi connectivity index (χ4v) is 3.49. The Morgan fingerprint density at radius 3 is 2.41 bits per heavy atom. The molecular weight excluding hydrogens is 402 g/mol. The molecule has 1 amide bonds. The van der Waals surface area contributed by atoms with Gasteiger partial charge in [0.25, 0.3) is 5.91 Å². The zero-order valence-electron chi connectivity index (χ0n) is 18.1. The predicted octanol–water partition coefficient (Wildman–Crippen LogP) is 4.62. The zero-order valence-corrected chi connectivity index (χ0v) is 18.1. The molecule has 6 nitrogen and oxygen atoms in total. The summed E-state index contributed by atoms with van der Waals surface area (Å²) < 4.78 is 12.2. The van der Waals surface area contributed by atoms with Crippen molar-refractivity contribution in [2.75, 3.05) is 14.2 Å². The number of nitrogens with zero attached hydrogens (tertiary/aromatic N) is 2. The molecule has 0 saturated heterocycles. The summed E-state index contributed by atoms with van der Waals surface area (Å²) in [7, 11) is 3.29. The van der Waals surface area contributed by atoms with Gasteiger partial charge in [-0.3, -0.25) is 4.79 Å². The predicted molar refractivity (Wildman–Crippen MR) is 124 cm³/mol. The van der Waals surface area contributed by atoms with Crippen LogP contribution in [0.2, 0.25) is 0 Å². The number of hydrogen-bond donors (Lipinski definition) is 1. The molecule has 0 bridgehead atoms. The van der Waals surface area contributed by atoms with Gasteiger partial charge in [0.1, 0.15) is 11.4 Å². The van der Waals surface area contributed by atoms with Gasteiger partial charge < -0.3 is 14.8 Å². The molecule has 0 spiro atoms. The SMILES string of the molecule is COCc1cccc(CNC(=O)c2cn(-c3ccccc3)nc2-c2ccc(OC)cc2)c1. The van der Waals surface area contributed by atoms with Crippen LogP contribution in [-0.4, -0.2) is 29.9 Å². The number of carbonyl (C=O) groups is 1. The molecular formula is C26H25N3O3. The standard InChI is InChI=1S/C26H25N3O3/c1-31-18-20-8-6-7-19(15-20)16-27-26(30)24-17-29(22-9-4-3-5-10-22)28-25(24)21-11-13-23(32-2)14-12-21/h3-15,17H,16,18H2,1-2H3,(H,27,30). The summed E-state index contributed by atoms with van der Waals surface area (Å²) in [4.78, 5) is 13.2. The molecule has 0 fully saturated rings. The average molecular weight is 428 g/mol. The summed E-state index contributed by atoms with van der Waals surface area (Å²) in [5.41, 5.74) is 4.92. The Balaban J connectivity index is 1.62. The second-order valence-corrected chi connectivity index (χ2v) is 7.34. The lowest BCUT2D eigenvalue weighted by molar-refractivity contribution is 0.0951. The van der Waals surface area contributed by atoms with Crippen molar-refractivity contribution in [3.8, 4) is 22.7 Å². The van der Waals surface area contributed by atoms with Gasteiger partial charge in [-0.15, -0.1) is 0 Å². The molecule has 0 aliphatic heterocycles. The topological polar surface area (TPSA) is 65.4 Å². The van der Waals surface area contributed by atoms with Crippen LogP contribution in [0.1, 0.15) is 21.5 Å². The first-order valence-electron chi connectivity index (χ1n) is 10.3. The molecule has 1 aromatic heterocycles. The van der Waals surface area contributed by atoms with E-state index in [0.29, 0.717) is 24.4 Å². The number of aromatic nitrogens is 2. The number of carbonyl (C=O) groups excluding carboxylic acids is 1. The largest absolute Gasteiger partial charge is 0.497 e. The van der Waals surface area contributed by atoms with Crippen LogP contribution in [0.15, 0.2) is 85.1 Å². The number of ether oxygens (including phenoxy) is 2. The normalized spacial score (nSPS) is 10.7. The van der Waals surface area contributed by atoms with Crippen LogP contribution in [0.4, 0.5) is 0 Å². The lowest BCUT2D eigenvalue weighted by Gasteiger charge is -2.08. The van der Waals surface area contributed by atoms with Gasteiger partial charge in [0.2, 0.25) is 0 Å². The zero-order chi connectivity index (χ0) is 22.3. The number of nitrogens with one attached hydrogen (secondary N) is 1. The second-order valence-electron chi connectivity index (χ2n) is 7.34. The molecule has 0 saturated carbocycles. The van der Waals surface area contributed by atoms with E-state index in [1.165, 1.54) is 0 Å². The van der Waals surface area contributed by atoms with Crippen molar-refractivity contribution < 1.29 is 14.3 Å². The molecule has 162 valence electrons. The first kappa shape index (κ1) is 21.3. The Bertz CT molecular complexity index is 1180. The van der Waals surface area contributed by atoms with Crippen LogP contribution in [0.3, 0.4) is 0 Å². The van der Waals surface area contributed by atoms with Gasteiger partial charge in [-0.25, -0.2) is 4.68 Å². The van der Waals surface area contributed by atoms with Crippen LogP contribution >= 0.6 is 0 Å². The van der Waals surface area contributed by atoms with E-state index in [9.17, 15) is 4.79 Å². The maximum atomic E-state index is 13.2. The Morgan fingerprint density at radius 1 is 0.938 bits per heavy atom. The molecule has 0 unspecified atom stereocenters. The second kappa shape index (κ2) is 9.94. The van der Waals surface area contributed by atoms with E-state index >= 15 is 0 Å². The number of amides is 1. The van der Waals surface area contributed by atoms with Crippen molar-refractivity contribution in [2.24, 2.45) is 0 Å². The monoisotopic (exact) mass is 427 g/mol. The van der Waals surface area contributed by atoms with Crippen molar-refractivity contribution in [1.82, 2.24) is 15.1 Å². The highest BCUT2D eigenvalue weighted by Gasteiger charge is 2.19. The minimum atomic E-state index is -0.185. The third kappa shape index (κ3) is 4.87. The molecule has 1 N–H and O–H groups in total. The third-order valence-corrected chi connectivity index (χ3v) is 5.10. The van der Waals surface area contributed by atoms with Crippen LogP contribution in [0.25, 0.3) is 16.9 Å². The lowest BCUT2D eigenvalue weighted by Crippen LogP contribution is -2.23. The molecule has 0 radical (unpaired) electrons. The maximum Gasteiger partial charge on any atom is 0.255 e. The summed E-state index contributed by atoms with van der Waals surface area (Å²) >= 11 is 0. The van der Waals surface area contributed by atoms with Gasteiger partial charge in [-0.05, 0) is 47.5 Å². The molecule has 1 heterocycles. The summed E-state index contributed by atoms with van der Waals surface area (Å²) in [6.07, 6.45) is 1.77. The number of methoxy groups -OCH3 is 2. The number of hydrogen-bond acceptors (Lipinski definition) is 4. The minimum absolute atomic E-state index is 0.185. The van der Waals surface area contributed by atoms with E-state index in [1.54, 1.807) is 25.1 Å². The molecule has 6 heteroatoms. The average Bonchev–Trinajstić information content (AvgIpc) is 3.29. The van der Waals surface area contributed by atoms with E-state index in [2.05, 4.69) is 5.32 Å². The lowest BCUT2D eigenvalue weighted by atomic mass is 10.1. The molecule has 3 aromatic carbocycles. The summed E-state index contributed by atoms with van der Waals surface area (Å²) in [6, 6.07) is 25.2. The van der Waals surface area contributed by atoms with E-state index in [-0.39, 0.29) is 5.91 Å². The smallest absolute Gasteiger partial charge is 0.255 e. The Labute approximate surface area is 187 Å². The maximum absolute atomic E-state index is 13.2. The van der Waals surface area contributed by atoms with Gasteiger partial charge in [0.05, 0.1) is 25.0 Å². The Kier molecular flexibility index (Phi) is 6.63. The van der Waals surface area contributed by atoms with Gasteiger partial charge in [0, 0.05) is 25.4 Å². The highest BCUT2D eigenvalue weighted by molar-refractivity contribution is 5.99. The fourth-order valence-electron chi connectivity index (χ4n) is 3.49. The number of para-hydroxylation sites is 1. The molecule has 0 aliphatic rings. The van der Waals surface area contributed by atoms with Crippen molar-refractivity contribution in [1.29, 1.82) is 0 Å². The Hall–Kier alpha value is -3.90. The Morgan fingerprint density at radius 2 is 1.69 bits per heavy atom. The van der Waals surface area contributed by atoms with Crippen molar-refractivity contribution in [2.45, 2.75) is 13.2 Å². The quantitative estimate of drug-likeness (QED) is 0.445. The van der Waals surface area contributed by atoms with Crippen LogP contribution in [0, 0.1) is 0 Å². The van der Waals surface area contributed by atoms with Crippen LogP contribution in [-0.2, 0) is 17.9 Å². The third-order valence-electron chi connectivity index (χ3n) is 5.10. The van der Waals surface area contributed by atoms with Crippen LogP contribution < -0.4 is 10.1 Å². The molecule has 4 aromatic rings. The van der Waals surface area contributed by atoms with Crippen molar-refractivity contribution in [3.63, 3.8) is 0 Å². The van der Waals surface area contributed by atoms with Crippen molar-refractivity contribution >= 4 is 5.91 Å². The highest BCUT2D eigenvalue weighted by atomic mass is 16.5. The van der Waals surface area contributed by atoms with Gasteiger partial charge in [-0.1, -0.05) is 42.5 Å². The molecule has 4 rings (SSSR count). The van der Waals surface area contributed by atoms with Gasteiger partial charge in [0.15, 0.2) is 0 Å². The fraction of sp³-hybridized carbons (Fsp3) is 0.154. The highest BCUT2D eigenvalue weighted by Crippen LogP contribution is 2.26. The summed E-state index contributed by atoms with van der Waals surface area (Å²) in [5.74, 6) is 0.563. The minimum Gasteiger partial charge on any atom is -0.497 e. The van der Waals surface area contributed by atoms with Gasteiger partial charge in [-0.2, -0.15) is 5.10 Å². The molecule has 0 aliphatic carbocycles. The van der Waals surface area contributed by atoms with Gasteiger partial charge >= 0.3 is 0 Å². The summed E-state index contributed by atoms with van der Waals surface area (Å²) in [5, 5.41) is 7.74. The van der Waals surface area contributed by atoms with Crippen molar-refractivity contribution in [3.05, 3.63) is 102 Å². The van der Waals surface area contributed by atoms with Crippen LogP contribution in [0.5, 0.6) is 5.75 Å². The summed E-state index contributed by atoms with van der Waals surface area (Å²) in [6.45, 7) is 0.947. The molecule has 0 atom stereocenters. The van der Waals surface area contributed by atoms with E-state index in [4.69, 9.17) is 14.6 Å². The number of benzene rings is 3. The van der Waals surface area contributed by atoms with E-state index < -0.39 is 0 Å². The first-order valence-corrected chi connectivity index (χ1v) is 10.3. The number of rotatable bonds is 8.